The molecule has 0 radical (unpaired) electrons. The fourth-order valence-corrected chi connectivity index (χ4v) is 1.77. The summed E-state index contributed by atoms with van der Waals surface area (Å²) in [6, 6.07) is 9.65. The minimum atomic E-state index is -0.399. The van der Waals surface area contributed by atoms with E-state index in [0.29, 0.717) is 5.16 Å². The van der Waals surface area contributed by atoms with Crippen LogP contribution < -0.4 is 5.73 Å². The number of rotatable bonds is 4. The summed E-state index contributed by atoms with van der Waals surface area (Å²) in [6.45, 7) is 0. The van der Waals surface area contributed by atoms with Crippen LogP contribution >= 0.6 is 11.8 Å². The average molecular weight is 246 g/mol. The van der Waals surface area contributed by atoms with Crippen molar-refractivity contribution < 1.29 is 4.79 Å². The van der Waals surface area contributed by atoms with E-state index in [0.717, 1.165) is 11.3 Å². The number of carbonyl (C=O) groups is 1. The van der Waals surface area contributed by atoms with Gasteiger partial charge in [-0.1, -0.05) is 42.1 Å². The Balaban J connectivity index is 2.20. The van der Waals surface area contributed by atoms with Crippen molar-refractivity contribution in [2.45, 2.75) is 5.16 Å². The molecule has 0 aliphatic heterocycles. The van der Waals surface area contributed by atoms with Crippen LogP contribution in [0.2, 0.25) is 0 Å². The van der Waals surface area contributed by atoms with Crippen LogP contribution in [0.15, 0.2) is 41.7 Å². The van der Waals surface area contributed by atoms with Crippen molar-refractivity contribution in [2.75, 3.05) is 5.75 Å². The van der Waals surface area contributed by atoms with Gasteiger partial charge >= 0.3 is 0 Å². The Labute approximate surface area is 102 Å². The van der Waals surface area contributed by atoms with Gasteiger partial charge < -0.3 is 5.73 Å². The molecule has 2 aromatic rings. The summed E-state index contributed by atoms with van der Waals surface area (Å²) >= 11 is 1.18. The molecule has 5 nitrogen and oxygen atoms in total. The number of hydrogen-bond acceptors (Lipinski definition) is 5. The molecule has 0 saturated heterocycles. The maximum Gasteiger partial charge on any atom is 0.227 e. The number of primary amides is 1. The van der Waals surface area contributed by atoms with Crippen LogP contribution in [0.1, 0.15) is 0 Å². The Morgan fingerprint density at radius 1 is 1.29 bits per heavy atom. The summed E-state index contributed by atoms with van der Waals surface area (Å²) in [6.07, 6.45) is 1.59. The molecule has 1 heterocycles. The predicted molar refractivity (Wildman–Crippen MR) is 65.2 cm³/mol. The van der Waals surface area contributed by atoms with Gasteiger partial charge in [0.2, 0.25) is 11.1 Å². The van der Waals surface area contributed by atoms with Gasteiger partial charge in [0.25, 0.3) is 0 Å². The number of hydrogen-bond donors (Lipinski definition) is 1. The maximum absolute atomic E-state index is 10.7. The second-order valence-corrected chi connectivity index (χ2v) is 4.19. The quantitative estimate of drug-likeness (QED) is 0.817. The predicted octanol–water partition coefficient (Wildman–Crippen LogP) is 1.12. The van der Waals surface area contributed by atoms with Gasteiger partial charge in [0.05, 0.1) is 17.6 Å². The number of carbonyl (C=O) groups excluding carboxylic acids is 1. The van der Waals surface area contributed by atoms with Crippen LogP contribution in [0.4, 0.5) is 0 Å². The van der Waals surface area contributed by atoms with Gasteiger partial charge in [-0.3, -0.25) is 4.79 Å². The summed E-state index contributed by atoms with van der Waals surface area (Å²) in [5.41, 5.74) is 6.74. The maximum atomic E-state index is 10.7. The number of thioether (sulfide) groups is 1. The van der Waals surface area contributed by atoms with Crippen molar-refractivity contribution in [1.82, 2.24) is 15.2 Å². The largest absolute Gasteiger partial charge is 0.369 e. The highest BCUT2D eigenvalue weighted by Crippen LogP contribution is 2.18. The third-order valence-electron chi connectivity index (χ3n) is 1.95. The lowest BCUT2D eigenvalue weighted by molar-refractivity contribution is -0.115. The first-order valence-corrected chi connectivity index (χ1v) is 5.90. The minimum Gasteiger partial charge on any atom is -0.369 e. The zero-order chi connectivity index (χ0) is 12.1. The number of benzene rings is 1. The molecule has 1 aromatic heterocycles. The molecule has 0 saturated carbocycles. The molecular formula is C11H10N4OS. The molecule has 17 heavy (non-hydrogen) atoms. The van der Waals surface area contributed by atoms with Gasteiger partial charge in [0.1, 0.15) is 0 Å². The van der Waals surface area contributed by atoms with Crippen LogP contribution in [0.3, 0.4) is 0 Å². The van der Waals surface area contributed by atoms with Gasteiger partial charge in [0.15, 0.2) is 0 Å². The van der Waals surface area contributed by atoms with Crippen LogP contribution in [-0.2, 0) is 4.79 Å². The lowest BCUT2D eigenvalue weighted by Gasteiger charge is -2.01. The number of nitrogens with two attached hydrogens (primary N) is 1. The number of nitrogens with zero attached hydrogens (tertiary/aromatic N) is 3. The monoisotopic (exact) mass is 246 g/mol. The molecule has 0 fully saturated rings. The Bertz CT molecular complexity index is 518. The van der Waals surface area contributed by atoms with Crippen molar-refractivity contribution in [2.24, 2.45) is 5.73 Å². The van der Waals surface area contributed by atoms with Crippen LogP contribution in [0, 0.1) is 0 Å². The third kappa shape index (κ3) is 3.25. The summed E-state index contributed by atoms with van der Waals surface area (Å²) in [4.78, 5) is 14.9. The fraction of sp³-hybridized carbons (Fsp3) is 0.0909. The van der Waals surface area contributed by atoms with Gasteiger partial charge in [-0.05, 0) is 0 Å². The van der Waals surface area contributed by atoms with E-state index in [4.69, 9.17) is 5.73 Å². The molecule has 0 spiro atoms. The van der Waals surface area contributed by atoms with E-state index in [1.54, 1.807) is 6.20 Å². The van der Waals surface area contributed by atoms with Crippen LogP contribution in [0.25, 0.3) is 11.3 Å². The van der Waals surface area contributed by atoms with Crippen molar-refractivity contribution in [3.05, 3.63) is 36.5 Å². The van der Waals surface area contributed by atoms with Gasteiger partial charge in [-0.25, -0.2) is 4.98 Å². The van der Waals surface area contributed by atoms with E-state index in [2.05, 4.69) is 15.2 Å². The molecule has 1 amide bonds. The van der Waals surface area contributed by atoms with Crippen LogP contribution in [-0.4, -0.2) is 26.8 Å². The van der Waals surface area contributed by atoms with E-state index in [-0.39, 0.29) is 5.75 Å². The smallest absolute Gasteiger partial charge is 0.227 e. The van der Waals surface area contributed by atoms with E-state index in [9.17, 15) is 4.79 Å². The highest BCUT2D eigenvalue weighted by molar-refractivity contribution is 7.99. The minimum absolute atomic E-state index is 0.153. The standard InChI is InChI=1S/C11H10N4OS/c12-10(16)7-17-11-14-9(6-13-15-11)8-4-2-1-3-5-8/h1-6H,7H2,(H2,12,16). The lowest BCUT2D eigenvalue weighted by atomic mass is 10.2. The van der Waals surface area contributed by atoms with E-state index in [1.807, 2.05) is 30.3 Å². The molecule has 2 N–H and O–H groups in total. The zero-order valence-corrected chi connectivity index (χ0v) is 9.72. The van der Waals surface area contributed by atoms with Gasteiger partial charge in [-0.15, -0.1) is 5.10 Å². The van der Waals surface area contributed by atoms with Gasteiger partial charge in [0, 0.05) is 5.56 Å². The summed E-state index contributed by atoms with van der Waals surface area (Å²) in [5.74, 6) is -0.247. The average Bonchev–Trinajstić information content (AvgIpc) is 2.38. The van der Waals surface area contributed by atoms with Crippen molar-refractivity contribution in [1.29, 1.82) is 0 Å². The summed E-state index contributed by atoms with van der Waals surface area (Å²) < 4.78 is 0. The Kier molecular flexibility index (Phi) is 3.66. The van der Waals surface area contributed by atoms with E-state index in [1.165, 1.54) is 11.8 Å². The van der Waals surface area contributed by atoms with Crippen molar-refractivity contribution >= 4 is 17.7 Å². The second-order valence-electron chi connectivity index (χ2n) is 3.25. The highest BCUT2D eigenvalue weighted by Gasteiger charge is 2.04. The third-order valence-corrected chi connectivity index (χ3v) is 2.81. The Hall–Kier alpha value is -1.95. The first-order valence-electron chi connectivity index (χ1n) is 4.92. The number of aromatic nitrogens is 3. The Morgan fingerprint density at radius 3 is 2.76 bits per heavy atom. The molecule has 0 unspecified atom stereocenters. The molecule has 6 heteroatoms. The van der Waals surface area contributed by atoms with Crippen LogP contribution in [0.5, 0.6) is 0 Å². The van der Waals surface area contributed by atoms with Crippen molar-refractivity contribution in [3.63, 3.8) is 0 Å². The fourth-order valence-electron chi connectivity index (χ4n) is 1.23. The molecule has 0 aliphatic carbocycles. The highest BCUT2D eigenvalue weighted by atomic mass is 32.2. The first kappa shape index (κ1) is 11.5. The lowest BCUT2D eigenvalue weighted by Crippen LogP contribution is -2.13. The number of amides is 1. The zero-order valence-electron chi connectivity index (χ0n) is 8.91. The second kappa shape index (κ2) is 5.40. The first-order chi connectivity index (χ1) is 8.25. The molecule has 1 aromatic carbocycles. The summed E-state index contributed by atoms with van der Waals surface area (Å²) in [7, 11) is 0. The summed E-state index contributed by atoms with van der Waals surface area (Å²) in [5, 5.41) is 8.13. The van der Waals surface area contributed by atoms with Crippen molar-refractivity contribution in [3.8, 4) is 11.3 Å². The Morgan fingerprint density at radius 2 is 2.06 bits per heavy atom. The SMILES string of the molecule is NC(=O)CSc1nncc(-c2ccccc2)n1. The normalized spacial score (nSPS) is 10.1. The topological polar surface area (TPSA) is 81.8 Å². The molecule has 0 bridgehead atoms. The van der Waals surface area contributed by atoms with Gasteiger partial charge in [-0.2, -0.15) is 5.10 Å². The molecule has 0 aliphatic rings. The molecule has 86 valence electrons. The molecular weight excluding hydrogens is 236 g/mol. The van der Waals surface area contributed by atoms with E-state index >= 15 is 0 Å². The molecule has 2 rings (SSSR count). The molecule has 0 atom stereocenters. The van der Waals surface area contributed by atoms with E-state index < -0.39 is 5.91 Å².